The summed E-state index contributed by atoms with van der Waals surface area (Å²) in [6.07, 6.45) is 1.57. The maximum absolute atomic E-state index is 13.5. The molecule has 1 heterocycles. The molecule has 0 unspecified atom stereocenters. The van der Waals surface area contributed by atoms with Gasteiger partial charge < -0.3 is 9.88 Å². The SMILES string of the molecule is CNS(=O)(=O)c1ccc(Cl)c(C(=O)Nc2c(-c3ccc(F)cc3)ncn2Cc2ccccc2)c1. The van der Waals surface area contributed by atoms with Crippen LogP contribution in [0.4, 0.5) is 10.2 Å². The Hall–Kier alpha value is -3.53. The maximum Gasteiger partial charge on any atom is 0.258 e. The van der Waals surface area contributed by atoms with Crippen molar-refractivity contribution in [2.75, 3.05) is 12.4 Å². The molecule has 1 amide bonds. The molecule has 174 valence electrons. The van der Waals surface area contributed by atoms with Gasteiger partial charge in [0.05, 0.1) is 28.4 Å². The Morgan fingerprint density at radius 2 is 1.76 bits per heavy atom. The van der Waals surface area contributed by atoms with E-state index >= 15 is 0 Å². The Labute approximate surface area is 201 Å². The quantitative estimate of drug-likeness (QED) is 0.391. The fourth-order valence-electron chi connectivity index (χ4n) is 3.37. The van der Waals surface area contributed by atoms with Crippen LogP contribution in [0.1, 0.15) is 15.9 Å². The molecule has 0 atom stereocenters. The first-order valence-corrected chi connectivity index (χ1v) is 12.0. The zero-order valence-corrected chi connectivity index (χ0v) is 19.6. The van der Waals surface area contributed by atoms with E-state index in [1.807, 2.05) is 30.3 Å². The number of halogens is 2. The molecule has 7 nitrogen and oxygen atoms in total. The number of nitrogens with one attached hydrogen (secondary N) is 2. The van der Waals surface area contributed by atoms with Crippen molar-refractivity contribution in [2.24, 2.45) is 0 Å². The van der Waals surface area contributed by atoms with Gasteiger partial charge in [0.1, 0.15) is 17.3 Å². The predicted octanol–water partition coefficient (Wildman–Crippen LogP) is 4.55. The van der Waals surface area contributed by atoms with Crippen molar-refractivity contribution >= 4 is 33.3 Å². The Morgan fingerprint density at radius 3 is 2.44 bits per heavy atom. The first-order chi connectivity index (χ1) is 16.3. The van der Waals surface area contributed by atoms with Crippen molar-refractivity contribution < 1.29 is 17.6 Å². The van der Waals surface area contributed by atoms with Gasteiger partial charge in [0.25, 0.3) is 5.91 Å². The third-order valence-corrected chi connectivity index (χ3v) is 6.89. The maximum atomic E-state index is 13.5. The minimum atomic E-state index is -3.78. The van der Waals surface area contributed by atoms with Crippen LogP contribution < -0.4 is 10.0 Å². The van der Waals surface area contributed by atoms with Crippen molar-refractivity contribution in [3.63, 3.8) is 0 Å². The van der Waals surface area contributed by atoms with E-state index in [1.54, 1.807) is 23.0 Å². The van der Waals surface area contributed by atoms with Crippen molar-refractivity contribution in [3.05, 3.63) is 101 Å². The first kappa shape index (κ1) is 23.6. The summed E-state index contributed by atoms with van der Waals surface area (Å²) in [5.41, 5.74) is 1.98. The van der Waals surface area contributed by atoms with Crippen LogP contribution in [0.2, 0.25) is 5.02 Å². The summed E-state index contributed by atoms with van der Waals surface area (Å²) < 4.78 is 41.8. The summed E-state index contributed by atoms with van der Waals surface area (Å²) in [6.45, 7) is 0.409. The number of carbonyl (C=O) groups excluding carboxylic acids is 1. The Kier molecular flexibility index (Phi) is 6.78. The van der Waals surface area contributed by atoms with Crippen LogP contribution >= 0.6 is 11.6 Å². The summed E-state index contributed by atoms with van der Waals surface area (Å²) in [5, 5.41) is 2.90. The van der Waals surface area contributed by atoms with Gasteiger partial charge in [-0.05, 0) is 55.1 Å². The Bertz CT molecular complexity index is 1440. The van der Waals surface area contributed by atoms with E-state index in [0.29, 0.717) is 23.6 Å². The van der Waals surface area contributed by atoms with Gasteiger partial charge in [-0.1, -0.05) is 41.9 Å². The average molecular weight is 499 g/mol. The van der Waals surface area contributed by atoms with E-state index in [4.69, 9.17) is 11.6 Å². The molecule has 0 bridgehead atoms. The van der Waals surface area contributed by atoms with Crippen molar-refractivity contribution in [1.82, 2.24) is 14.3 Å². The zero-order valence-electron chi connectivity index (χ0n) is 18.0. The monoisotopic (exact) mass is 498 g/mol. The number of rotatable bonds is 7. The average Bonchev–Trinajstić information content (AvgIpc) is 3.22. The van der Waals surface area contributed by atoms with Gasteiger partial charge in [0.15, 0.2) is 0 Å². The molecule has 1 aromatic heterocycles. The molecule has 4 aromatic rings. The van der Waals surface area contributed by atoms with Crippen LogP contribution in [-0.2, 0) is 16.6 Å². The highest BCUT2D eigenvalue weighted by molar-refractivity contribution is 7.89. The van der Waals surface area contributed by atoms with Crippen molar-refractivity contribution in [2.45, 2.75) is 11.4 Å². The fraction of sp³-hybridized carbons (Fsp3) is 0.0833. The van der Waals surface area contributed by atoms with E-state index in [-0.39, 0.29) is 15.5 Å². The van der Waals surface area contributed by atoms with Crippen LogP contribution in [0.5, 0.6) is 0 Å². The summed E-state index contributed by atoms with van der Waals surface area (Å²) in [4.78, 5) is 17.6. The second kappa shape index (κ2) is 9.76. The van der Waals surface area contributed by atoms with E-state index in [9.17, 15) is 17.6 Å². The number of anilines is 1. The lowest BCUT2D eigenvalue weighted by Crippen LogP contribution is -2.20. The van der Waals surface area contributed by atoms with Gasteiger partial charge >= 0.3 is 0 Å². The number of hydrogen-bond acceptors (Lipinski definition) is 4. The normalized spacial score (nSPS) is 11.4. The molecular weight excluding hydrogens is 479 g/mol. The fourth-order valence-corrected chi connectivity index (χ4v) is 4.33. The van der Waals surface area contributed by atoms with Gasteiger partial charge in [-0.25, -0.2) is 22.5 Å². The van der Waals surface area contributed by atoms with Gasteiger partial charge in [-0.3, -0.25) is 4.79 Å². The minimum Gasteiger partial charge on any atom is -0.312 e. The number of aromatic nitrogens is 2. The number of nitrogens with zero attached hydrogens (tertiary/aromatic N) is 2. The molecule has 34 heavy (non-hydrogen) atoms. The lowest BCUT2D eigenvalue weighted by atomic mass is 10.1. The molecule has 0 fully saturated rings. The molecule has 0 saturated carbocycles. The lowest BCUT2D eigenvalue weighted by Gasteiger charge is -2.13. The molecular formula is C24H20ClFN4O3S. The molecule has 2 N–H and O–H groups in total. The number of sulfonamides is 1. The second-order valence-corrected chi connectivity index (χ2v) is 9.66. The van der Waals surface area contributed by atoms with Crippen LogP contribution in [0.25, 0.3) is 11.3 Å². The van der Waals surface area contributed by atoms with E-state index in [0.717, 1.165) is 5.56 Å². The number of amides is 1. The second-order valence-electron chi connectivity index (χ2n) is 7.37. The van der Waals surface area contributed by atoms with Crippen LogP contribution in [-0.4, -0.2) is 30.9 Å². The minimum absolute atomic E-state index is 0.0180. The van der Waals surface area contributed by atoms with E-state index in [1.165, 1.54) is 37.4 Å². The lowest BCUT2D eigenvalue weighted by molar-refractivity contribution is 0.102. The zero-order chi connectivity index (χ0) is 24.3. The molecule has 0 radical (unpaired) electrons. The molecule has 10 heteroatoms. The predicted molar refractivity (Wildman–Crippen MR) is 129 cm³/mol. The largest absolute Gasteiger partial charge is 0.312 e. The summed E-state index contributed by atoms with van der Waals surface area (Å²) in [6, 6.07) is 19.2. The highest BCUT2D eigenvalue weighted by Gasteiger charge is 2.21. The van der Waals surface area contributed by atoms with Crippen LogP contribution in [0, 0.1) is 5.82 Å². The van der Waals surface area contributed by atoms with Gasteiger partial charge in [0, 0.05) is 5.56 Å². The highest BCUT2D eigenvalue weighted by Crippen LogP contribution is 2.29. The Balaban J connectivity index is 1.75. The Morgan fingerprint density at radius 1 is 1.06 bits per heavy atom. The molecule has 4 rings (SSSR count). The van der Waals surface area contributed by atoms with Crippen molar-refractivity contribution in [1.29, 1.82) is 0 Å². The smallest absolute Gasteiger partial charge is 0.258 e. The number of carbonyl (C=O) groups is 1. The summed E-state index contributed by atoms with van der Waals surface area (Å²) >= 11 is 6.23. The number of hydrogen-bond donors (Lipinski definition) is 2. The van der Waals surface area contributed by atoms with E-state index < -0.39 is 21.7 Å². The topological polar surface area (TPSA) is 93.1 Å². The molecule has 0 aliphatic carbocycles. The first-order valence-electron chi connectivity index (χ1n) is 10.2. The molecule has 0 aliphatic heterocycles. The highest BCUT2D eigenvalue weighted by atomic mass is 35.5. The van der Waals surface area contributed by atoms with Crippen LogP contribution in [0.15, 0.2) is 84.0 Å². The molecule has 0 saturated heterocycles. The van der Waals surface area contributed by atoms with Crippen LogP contribution in [0.3, 0.4) is 0 Å². The van der Waals surface area contributed by atoms with Crippen molar-refractivity contribution in [3.8, 4) is 11.3 Å². The number of benzene rings is 3. The van der Waals surface area contributed by atoms with Gasteiger partial charge in [-0.2, -0.15) is 0 Å². The summed E-state index contributed by atoms with van der Waals surface area (Å²) in [5.74, 6) is -0.651. The number of imidazole rings is 1. The van der Waals surface area contributed by atoms with E-state index in [2.05, 4.69) is 15.0 Å². The molecule has 0 spiro atoms. The summed E-state index contributed by atoms with van der Waals surface area (Å²) in [7, 11) is -2.50. The van der Waals surface area contributed by atoms with Gasteiger partial charge in [0.2, 0.25) is 10.0 Å². The molecule has 3 aromatic carbocycles. The third-order valence-electron chi connectivity index (χ3n) is 5.14. The van der Waals surface area contributed by atoms with Gasteiger partial charge in [-0.15, -0.1) is 0 Å². The molecule has 0 aliphatic rings. The third kappa shape index (κ3) is 5.01. The standard InChI is InChI=1S/C24H20ClFN4O3S/c1-27-34(32,33)19-11-12-21(25)20(13-19)24(31)29-23-22(17-7-9-18(26)10-8-17)28-15-30(23)14-16-5-3-2-4-6-16/h2-13,15,27H,14H2,1H3,(H,29,31).